The van der Waals surface area contributed by atoms with Crippen molar-refractivity contribution in [3.05, 3.63) is 35.9 Å². The maximum atomic E-state index is 13.2. The zero-order valence-corrected chi connectivity index (χ0v) is 10.8. The molecule has 1 aromatic rings. The van der Waals surface area contributed by atoms with Gasteiger partial charge in [0.15, 0.2) is 6.04 Å². The summed E-state index contributed by atoms with van der Waals surface area (Å²) in [5.41, 5.74) is 0.0964. The van der Waals surface area contributed by atoms with Gasteiger partial charge >= 0.3 is 6.18 Å². The number of benzene rings is 1. The van der Waals surface area contributed by atoms with Gasteiger partial charge in [0.25, 0.3) is 0 Å². The molecule has 0 aromatic heterocycles. The van der Waals surface area contributed by atoms with Crippen LogP contribution in [0.4, 0.5) is 13.2 Å². The van der Waals surface area contributed by atoms with Crippen LogP contribution in [0.5, 0.6) is 0 Å². The highest BCUT2D eigenvalue weighted by Crippen LogP contribution is 2.43. The standard InChI is InChI=1S/C14H16F3NO/c1-9-8-11(9)13(19)18(2)12(14(15,16)17)10-6-4-3-5-7-10/h3-7,9,11-12H,8H2,1-2H3/t9-,11+,12+/m1/s1. The van der Waals surface area contributed by atoms with Crippen molar-refractivity contribution in [2.45, 2.75) is 25.6 Å². The second kappa shape index (κ2) is 4.87. The Kier molecular flexibility index (Phi) is 3.56. The molecule has 1 aliphatic carbocycles. The minimum absolute atomic E-state index is 0.0964. The number of hydrogen-bond donors (Lipinski definition) is 0. The van der Waals surface area contributed by atoms with Crippen molar-refractivity contribution in [3.63, 3.8) is 0 Å². The van der Waals surface area contributed by atoms with Crippen molar-refractivity contribution in [3.8, 4) is 0 Å². The molecule has 5 heteroatoms. The van der Waals surface area contributed by atoms with E-state index in [1.54, 1.807) is 18.2 Å². The number of alkyl halides is 3. The molecule has 1 aliphatic rings. The van der Waals surface area contributed by atoms with Crippen LogP contribution in [0.1, 0.15) is 24.9 Å². The molecule has 2 nitrogen and oxygen atoms in total. The summed E-state index contributed by atoms with van der Waals surface area (Å²) in [6, 6.07) is 5.69. The Balaban J connectivity index is 2.26. The molecule has 3 atom stereocenters. The third kappa shape index (κ3) is 2.91. The fourth-order valence-corrected chi connectivity index (χ4v) is 2.32. The molecule has 1 saturated carbocycles. The quantitative estimate of drug-likeness (QED) is 0.825. The Bertz CT molecular complexity index is 458. The lowest BCUT2D eigenvalue weighted by Crippen LogP contribution is -2.40. The number of halogens is 3. The summed E-state index contributed by atoms with van der Waals surface area (Å²) in [6.45, 7) is 1.88. The molecule has 104 valence electrons. The fourth-order valence-electron chi connectivity index (χ4n) is 2.32. The molecular weight excluding hydrogens is 255 g/mol. The average Bonchev–Trinajstić information content (AvgIpc) is 3.05. The third-order valence-corrected chi connectivity index (χ3v) is 3.59. The smallest absolute Gasteiger partial charge is 0.330 e. The van der Waals surface area contributed by atoms with E-state index >= 15 is 0 Å². The zero-order valence-electron chi connectivity index (χ0n) is 10.8. The minimum atomic E-state index is -4.47. The normalized spacial score (nSPS) is 23.8. The maximum Gasteiger partial charge on any atom is 0.413 e. The number of amides is 1. The Morgan fingerprint density at radius 2 is 1.84 bits per heavy atom. The molecule has 0 unspecified atom stereocenters. The zero-order chi connectivity index (χ0) is 14.2. The molecule has 0 heterocycles. The van der Waals surface area contributed by atoms with Crippen LogP contribution in [-0.2, 0) is 4.79 Å². The second-order valence-corrected chi connectivity index (χ2v) is 5.12. The monoisotopic (exact) mass is 271 g/mol. The second-order valence-electron chi connectivity index (χ2n) is 5.12. The molecule has 0 aliphatic heterocycles. The predicted octanol–water partition coefficient (Wildman–Crippen LogP) is 3.40. The predicted molar refractivity (Wildman–Crippen MR) is 65.3 cm³/mol. The van der Waals surface area contributed by atoms with E-state index < -0.39 is 18.1 Å². The highest BCUT2D eigenvalue weighted by molar-refractivity contribution is 5.81. The molecule has 0 radical (unpaired) electrons. The maximum absolute atomic E-state index is 13.2. The third-order valence-electron chi connectivity index (χ3n) is 3.59. The number of carbonyl (C=O) groups is 1. The average molecular weight is 271 g/mol. The topological polar surface area (TPSA) is 20.3 Å². The molecule has 2 rings (SSSR count). The van der Waals surface area contributed by atoms with Gasteiger partial charge in [-0.3, -0.25) is 4.79 Å². The summed E-state index contributed by atoms with van der Waals surface area (Å²) in [7, 11) is 1.23. The molecule has 1 fully saturated rings. The Hall–Kier alpha value is -1.52. The molecular formula is C14H16F3NO. The van der Waals surface area contributed by atoms with Gasteiger partial charge in [0.05, 0.1) is 0 Å². The highest BCUT2D eigenvalue weighted by atomic mass is 19.4. The van der Waals surface area contributed by atoms with Crippen molar-refractivity contribution < 1.29 is 18.0 Å². The Labute approximate surface area is 110 Å². The molecule has 0 bridgehead atoms. The number of nitrogens with zero attached hydrogens (tertiary/aromatic N) is 1. The first kappa shape index (κ1) is 13.9. The highest BCUT2D eigenvalue weighted by Gasteiger charge is 2.49. The Morgan fingerprint density at radius 3 is 2.26 bits per heavy atom. The summed E-state index contributed by atoms with van der Waals surface area (Å²) < 4.78 is 39.6. The van der Waals surface area contributed by atoms with Gasteiger partial charge in [-0.2, -0.15) is 13.2 Å². The van der Waals surface area contributed by atoms with E-state index in [9.17, 15) is 18.0 Å². The van der Waals surface area contributed by atoms with Gasteiger partial charge in [-0.1, -0.05) is 37.3 Å². The van der Waals surface area contributed by atoms with Crippen molar-refractivity contribution >= 4 is 5.91 Å². The van der Waals surface area contributed by atoms with Crippen LogP contribution in [0.3, 0.4) is 0 Å². The molecule has 19 heavy (non-hydrogen) atoms. The van der Waals surface area contributed by atoms with Gasteiger partial charge in [-0.15, -0.1) is 0 Å². The van der Waals surface area contributed by atoms with Crippen LogP contribution in [0.2, 0.25) is 0 Å². The van der Waals surface area contributed by atoms with Crippen LogP contribution >= 0.6 is 0 Å². The van der Waals surface area contributed by atoms with Gasteiger partial charge in [0.1, 0.15) is 0 Å². The molecule has 0 saturated heterocycles. The van der Waals surface area contributed by atoms with Crippen LogP contribution in [-0.4, -0.2) is 24.0 Å². The van der Waals surface area contributed by atoms with Crippen LogP contribution in [0, 0.1) is 11.8 Å². The minimum Gasteiger partial charge on any atom is -0.330 e. The van der Waals surface area contributed by atoms with E-state index in [-0.39, 0.29) is 17.4 Å². The lowest BCUT2D eigenvalue weighted by atomic mass is 10.0. The van der Waals surface area contributed by atoms with Gasteiger partial charge in [-0.05, 0) is 17.9 Å². The van der Waals surface area contributed by atoms with E-state index in [1.807, 2.05) is 6.92 Å². The van der Waals surface area contributed by atoms with Crippen molar-refractivity contribution in [1.82, 2.24) is 4.90 Å². The number of hydrogen-bond acceptors (Lipinski definition) is 1. The van der Waals surface area contributed by atoms with Gasteiger partial charge < -0.3 is 4.90 Å². The fraction of sp³-hybridized carbons (Fsp3) is 0.500. The first-order valence-corrected chi connectivity index (χ1v) is 6.20. The SMILES string of the molecule is C[C@@H]1C[C@@H]1C(=O)N(C)[C@@H](c1ccccc1)C(F)(F)F. The molecule has 1 amide bonds. The molecule has 0 N–H and O–H groups in total. The van der Waals surface area contributed by atoms with Crippen LogP contribution < -0.4 is 0 Å². The van der Waals surface area contributed by atoms with Crippen LogP contribution in [0.25, 0.3) is 0 Å². The largest absolute Gasteiger partial charge is 0.413 e. The molecule has 1 aromatic carbocycles. The lowest BCUT2D eigenvalue weighted by Gasteiger charge is -2.30. The Morgan fingerprint density at radius 1 is 1.32 bits per heavy atom. The van der Waals surface area contributed by atoms with Crippen LogP contribution in [0.15, 0.2) is 30.3 Å². The summed E-state index contributed by atoms with van der Waals surface area (Å²) >= 11 is 0. The van der Waals surface area contributed by atoms with E-state index in [1.165, 1.54) is 19.2 Å². The first-order chi connectivity index (χ1) is 8.82. The van der Waals surface area contributed by atoms with Crippen molar-refractivity contribution in [1.29, 1.82) is 0 Å². The lowest BCUT2D eigenvalue weighted by molar-refractivity contribution is -0.189. The summed E-state index contributed by atoms with van der Waals surface area (Å²) in [5, 5.41) is 0. The van der Waals surface area contributed by atoms with Gasteiger partial charge in [0.2, 0.25) is 5.91 Å². The number of carbonyl (C=O) groups excluding carboxylic acids is 1. The van der Waals surface area contributed by atoms with Gasteiger partial charge in [-0.25, -0.2) is 0 Å². The van der Waals surface area contributed by atoms with E-state index in [4.69, 9.17) is 0 Å². The summed E-state index contributed by atoms with van der Waals surface area (Å²) in [6.07, 6.45) is -3.79. The van der Waals surface area contributed by atoms with Crippen molar-refractivity contribution in [2.75, 3.05) is 7.05 Å². The van der Waals surface area contributed by atoms with E-state index in [0.29, 0.717) is 6.42 Å². The van der Waals surface area contributed by atoms with E-state index in [0.717, 1.165) is 4.90 Å². The van der Waals surface area contributed by atoms with Gasteiger partial charge in [0, 0.05) is 13.0 Å². The first-order valence-electron chi connectivity index (χ1n) is 6.20. The summed E-state index contributed by atoms with van der Waals surface area (Å²) in [5.74, 6) is -0.475. The summed E-state index contributed by atoms with van der Waals surface area (Å²) in [4.78, 5) is 12.8. The van der Waals surface area contributed by atoms with E-state index in [2.05, 4.69) is 0 Å². The number of rotatable bonds is 3. The van der Waals surface area contributed by atoms with Crippen molar-refractivity contribution in [2.24, 2.45) is 11.8 Å². The molecule has 0 spiro atoms.